The summed E-state index contributed by atoms with van der Waals surface area (Å²) in [5, 5.41) is 25.9. The summed E-state index contributed by atoms with van der Waals surface area (Å²) in [4.78, 5) is 11.1. The molecule has 2 aromatic carbocycles. The second-order valence-corrected chi connectivity index (χ2v) is 8.60. The standard InChI is InChI=1S/C22H24ClN5O4S/c1-5-20-25-26-22(33-13-15-6-8-17(23)9-7-15)27(20)24-12-16-10-18(28(29)30)21(32-14(2)3)19(11-16)31-4/h6-12,14H,5,13H2,1-4H3/b24-12-. The Labute approximate surface area is 200 Å². The molecule has 0 spiro atoms. The van der Waals surface area contributed by atoms with Crippen LogP contribution in [0.3, 0.4) is 0 Å². The normalized spacial score (nSPS) is 11.3. The van der Waals surface area contributed by atoms with Gasteiger partial charge in [0.1, 0.15) is 0 Å². The highest BCUT2D eigenvalue weighted by Gasteiger charge is 2.23. The van der Waals surface area contributed by atoms with Crippen LogP contribution < -0.4 is 9.47 Å². The third-order valence-electron chi connectivity index (χ3n) is 4.42. The van der Waals surface area contributed by atoms with Crippen molar-refractivity contribution >= 4 is 35.3 Å². The van der Waals surface area contributed by atoms with Gasteiger partial charge in [-0.1, -0.05) is 42.4 Å². The Morgan fingerprint density at radius 1 is 1.27 bits per heavy atom. The van der Waals surface area contributed by atoms with Gasteiger partial charge in [-0.05, 0) is 37.6 Å². The first-order valence-corrected chi connectivity index (χ1v) is 11.6. The zero-order chi connectivity index (χ0) is 24.0. The third kappa shape index (κ3) is 6.23. The molecule has 0 aliphatic carbocycles. The molecule has 0 fully saturated rings. The minimum atomic E-state index is -0.499. The van der Waals surface area contributed by atoms with E-state index in [0.717, 1.165) is 5.56 Å². The van der Waals surface area contributed by atoms with Gasteiger partial charge in [-0.2, -0.15) is 9.78 Å². The Bertz CT molecular complexity index is 1150. The highest BCUT2D eigenvalue weighted by Crippen LogP contribution is 2.38. The number of ether oxygens (including phenoxy) is 2. The minimum absolute atomic E-state index is 0.0902. The van der Waals surface area contributed by atoms with Crippen LogP contribution in [0.15, 0.2) is 46.7 Å². The summed E-state index contributed by atoms with van der Waals surface area (Å²) in [5.41, 5.74) is 1.38. The smallest absolute Gasteiger partial charge is 0.315 e. The maximum Gasteiger partial charge on any atom is 0.315 e. The number of hydrogen-bond acceptors (Lipinski definition) is 8. The summed E-state index contributed by atoms with van der Waals surface area (Å²) < 4.78 is 12.6. The maximum absolute atomic E-state index is 11.6. The zero-order valence-electron chi connectivity index (χ0n) is 18.7. The van der Waals surface area contributed by atoms with Crippen molar-refractivity contribution in [2.75, 3.05) is 7.11 Å². The predicted octanol–water partition coefficient (Wildman–Crippen LogP) is 5.37. The van der Waals surface area contributed by atoms with Gasteiger partial charge in [-0.15, -0.1) is 10.2 Å². The molecule has 3 rings (SSSR count). The number of rotatable bonds is 10. The van der Waals surface area contributed by atoms with Crippen molar-refractivity contribution in [1.29, 1.82) is 0 Å². The molecule has 11 heteroatoms. The van der Waals surface area contributed by atoms with Gasteiger partial charge in [-0.25, -0.2) is 0 Å². The molecular weight excluding hydrogens is 466 g/mol. The van der Waals surface area contributed by atoms with Crippen molar-refractivity contribution in [3.05, 3.63) is 68.5 Å². The van der Waals surface area contributed by atoms with Crippen molar-refractivity contribution in [1.82, 2.24) is 14.9 Å². The summed E-state index contributed by atoms with van der Waals surface area (Å²) >= 11 is 7.43. The van der Waals surface area contributed by atoms with Gasteiger partial charge in [-0.3, -0.25) is 10.1 Å². The number of benzene rings is 2. The van der Waals surface area contributed by atoms with E-state index in [4.69, 9.17) is 21.1 Å². The lowest BCUT2D eigenvalue weighted by atomic mass is 10.2. The topological polar surface area (TPSA) is 105 Å². The Morgan fingerprint density at radius 2 is 2.00 bits per heavy atom. The lowest BCUT2D eigenvalue weighted by Crippen LogP contribution is -2.09. The summed E-state index contributed by atoms with van der Waals surface area (Å²) in [6.07, 6.45) is 1.89. The van der Waals surface area contributed by atoms with Crippen LogP contribution >= 0.6 is 23.4 Å². The number of nitrogens with zero attached hydrogens (tertiary/aromatic N) is 5. The van der Waals surface area contributed by atoms with E-state index in [9.17, 15) is 10.1 Å². The van der Waals surface area contributed by atoms with Crippen molar-refractivity contribution < 1.29 is 14.4 Å². The fourth-order valence-corrected chi connectivity index (χ4v) is 3.89. The molecule has 0 saturated carbocycles. The Hall–Kier alpha value is -3.11. The average molecular weight is 490 g/mol. The number of thioether (sulfide) groups is 1. The average Bonchev–Trinajstić information content (AvgIpc) is 3.19. The molecule has 0 bridgehead atoms. The van der Waals surface area contributed by atoms with Gasteiger partial charge < -0.3 is 9.47 Å². The van der Waals surface area contributed by atoms with Crippen LogP contribution in [0.1, 0.15) is 37.7 Å². The molecule has 0 amide bonds. The first kappa shape index (κ1) is 24.5. The molecule has 1 aromatic heterocycles. The molecule has 0 saturated heterocycles. The molecule has 3 aromatic rings. The molecule has 9 nitrogen and oxygen atoms in total. The monoisotopic (exact) mass is 489 g/mol. The molecule has 0 unspecified atom stereocenters. The van der Waals surface area contributed by atoms with Gasteiger partial charge in [0.25, 0.3) is 0 Å². The van der Waals surface area contributed by atoms with Gasteiger partial charge in [0.2, 0.25) is 10.9 Å². The second kappa shape index (κ2) is 11.2. The van der Waals surface area contributed by atoms with E-state index in [1.54, 1.807) is 24.6 Å². The van der Waals surface area contributed by atoms with Gasteiger partial charge >= 0.3 is 5.69 Å². The molecule has 0 aliphatic rings. The molecule has 1 heterocycles. The molecule has 174 valence electrons. The number of halogens is 1. The lowest BCUT2D eigenvalue weighted by Gasteiger charge is -2.14. The van der Waals surface area contributed by atoms with Crippen LogP contribution in [-0.2, 0) is 12.2 Å². The highest BCUT2D eigenvalue weighted by molar-refractivity contribution is 7.98. The van der Waals surface area contributed by atoms with Crippen LogP contribution in [0.5, 0.6) is 11.5 Å². The summed E-state index contributed by atoms with van der Waals surface area (Å²) in [7, 11) is 1.44. The molecule has 0 N–H and O–H groups in total. The first-order valence-electron chi connectivity index (χ1n) is 10.2. The predicted molar refractivity (Wildman–Crippen MR) is 129 cm³/mol. The Balaban J connectivity index is 1.90. The Kier molecular flexibility index (Phi) is 8.29. The van der Waals surface area contributed by atoms with E-state index < -0.39 is 4.92 Å². The van der Waals surface area contributed by atoms with Gasteiger partial charge in [0.05, 0.1) is 24.4 Å². The minimum Gasteiger partial charge on any atom is -0.493 e. The van der Waals surface area contributed by atoms with Crippen molar-refractivity contribution in [2.45, 2.75) is 44.2 Å². The summed E-state index contributed by atoms with van der Waals surface area (Å²) in [6, 6.07) is 10.6. The molecule has 0 aliphatic heterocycles. The fourth-order valence-electron chi connectivity index (χ4n) is 2.90. The van der Waals surface area contributed by atoms with Crippen molar-refractivity contribution in [3.8, 4) is 11.5 Å². The lowest BCUT2D eigenvalue weighted by molar-refractivity contribution is -0.386. The van der Waals surface area contributed by atoms with Gasteiger partial charge in [0, 0.05) is 28.8 Å². The zero-order valence-corrected chi connectivity index (χ0v) is 20.3. The summed E-state index contributed by atoms with van der Waals surface area (Å²) in [5.74, 6) is 1.68. The number of aromatic nitrogens is 3. The van der Waals surface area contributed by atoms with E-state index in [2.05, 4.69) is 15.3 Å². The molecule has 0 radical (unpaired) electrons. The number of hydrogen-bond donors (Lipinski definition) is 0. The van der Waals surface area contributed by atoms with E-state index in [1.807, 2.05) is 31.2 Å². The quantitative estimate of drug-likeness (QED) is 0.163. The SMILES string of the molecule is CCc1nnc(SCc2ccc(Cl)cc2)n1/N=C\c1cc(OC)c(OC(C)C)c([N+](=O)[O-])c1. The maximum atomic E-state index is 11.6. The van der Waals surface area contributed by atoms with E-state index in [0.29, 0.717) is 33.7 Å². The summed E-state index contributed by atoms with van der Waals surface area (Å²) in [6.45, 7) is 5.54. The number of nitro benzene ring substituents is 1. The number of nitro groups is 1. The van der Waals surface area contributed by atoms with Gasteiger partial charge in [0.15, 0.2) is 11.6 Å². The highest BCUT2D eigenvalue weighted by atomic mass is 35.5. The number of methoxy groups -OCH3 is 1. The van der Waals surface area contributed by atoms with Crippen LogP contribution in [0, 0.1) is 10.1 Å². The van der Waals surface area contributed by atoms with E-state index in [1.165, 1.54) is 31.2 Å². The number of aryl methyl sites for hydroxylation is 1. The molecule has 0 atom stereocenters. The fraction of sp³-hybridized carbons (Fsp3) is 0.318. The third-order valence-corrected chi connectivity index (χ3v) is 5.67. The second-order valence-electron chi connectivity index (χ2n) is 7.22. The van der Waals surface area contributed by atoms with Crippen LogP contribution in [0.2, 0.25) is 5.02 Å². The van der Waals surface area contributed by atoms with E-state index in [-0.39, 0.29) is 23.3 Å². The Morgan fingerprint density at radius 3 is 2.61 bits per heavy atom. The van der Waals surface area contributed by atoms with Crippen LogP contribution in [0.4, 0.5) is 5.69 Å². The van der Waals surface area contributed by atoms with Crippen molar-refractivity contribution in [2.24, 2.45) is 5.10 Å². The van der Waals surface area contributed by atoms with Crippen LogP contribution in [0.25, 0.3) is 0 Å². The largest absolute Gasteiger partial charge is 0.493 e. The van der Waals surface area contributed by atoms with E-state index >= 15 is 0 Å². The van der Waals surface area contributed by atoms with Crippen molar-refractivity contribution in [3.63, 3.8) is 0 Å². The van der Waals surface area contributed by atoms with Crippen LogP contribution in [-0.4, -0.2) is 39.2 Å². The molecule has 33 heavy (non-hydrogen) atoms. The first-order chi connectivity index (χ1) is 15.8. The molecular formula is C22H24ClN5O4S.